The number of aryl methyl sites for hydroxylation is 1. The second-order valence-corrected chi connectivity index (χ2v) is 7.40. The molecule has 2 aromatic carbocycles. The van der Waals surface area contributed by atoms with Crippen LogP contribution in [0.3, 0.4) is 0 Å². The molecular weight excluding hydrogens is 326 g/mol. The molecule has 1 aromatic heterocycles. The average Bonchev–Trinajstić information content (AvgIpc) is 2.96. The summed E-state index contributed by atoms with van der Waals surface area (Å²) in [5.74, 6) is 2.04. The summed E-state index contributed by atoms with van der Waals surface area (Å²) in [7, 11) is -1.61. The predicted octanol–water partition coefficient (Wildman–Crippen LogP) is 2.65. The third-order valence-corrected chi connectivity index (χ3v) is 4.70. The van der Waals surface area contributed by atoms with Gasteiger partial charge < -0.3 is 4.74 Å². The Labute approximate surface area is 140 Å². The third kappa shape index (κ3) is 3.16. The van der Waals surface area contributed by atoms with E-state index < -0.39 is 9.84 Å². The van der Waals surface area contributed by atoms with Gasteiger partial charge in [-0.15, -0.1) is 0 Å². The van der Waals surface area contributed by atoms with E-state index in [1.165, 1.54) is 6.26 Å². The smallest absolute Gasteiger partial charge is 0.175 e. The summed E-state index contributed by atoms with van der Waals surface area (Å²) in [6.45, 7) is 1.81. The Hall–Kier alpha value is -2.67. The lowest BCUT2D eigenvalue weighted by molar-refractivity contribution is 0.414. The fraction of sp³-hybridized carbons (Fsp3) is 0.176. The molecule has 3 rings (SSSR count). The number of rotatable bonds is 4. The van der Waals surface area contributed by atoms with Crippen LogP contribution in [0.1, 0.15) is 5.82 Å². The molecule has 24 heavy (non-hydrogen) atoms. The van der Waals surface area contributed by atoms with Crippen molar-refractivity contribution in [1.82, 2.24) is 14.8 Å². The van der Waals surface area contributed by atoms with E-state index in [0.717, 1.165) is 17.0 Å². The Morgan fingerprint density at radius 3 is 2.17 bits per heavy atom. The molecule has 0 bridgehead atoms. The van der Waals surface area contributed by atoms with Crippen LogP contribution in [0.2, 0.25) is 0 Å². The quantitative estimate of drug-likeness (QED) is 0.728. The summed E-state index contributed by atoms with van der Waals surface area (Å²) in [4.78, 5) is 4.74. The van der Waals surface area contributed by atoms with Gasteiger partial charge in [0.05, 0.1) is 17.7 Å². The van der Waals surface area contributed by atoms with Crippen molar-refractivity contribution in [2.45, 2.75) is 11.8 Å². The molecule has 1 heterocycles. The van der Waals surface area contributed by atoms with Crippen molar-refractivity contribution in [3.63, 3.8) is 0 Å². The Balaban J connectivity index is 2.05. The number of ether oxygens (including phenoxy) is 1. The summed E-state index contributed by atoms with van der Waals surface area (Å²) >= 11 is 0. The van der Waals surface area contributed by atoms with Crippen LogP contribution < -0.4 is 4.74 Å². The minimum absolute atomic E-state index is 0.276. The Kier molecular flexibility index (Phi) is 4.11. The van der Waals surface area contributed by atoms with E-state index in [1.807, 2.05) is 31.2 Å². The summed E-state index contributed by atoms with van der Waals surface area (Å²) in [6.07, 6.45) is 1.19. The molecule has 0 amide bonds. The van der Waals surface area contributed by atoms with Gasteiger partial charge in [-0.05, 0) is 55.5 Å². The number of benzene rings is 2. The van der Waals surface area contributed by atoms with Gasteiger partial charge in [0.15, 0.2) is 15.7 Å². The van der Waals surface area contributed by atoms with Gasteiger partial charge in [-0.25, -0.2) is 18.1 Å². The molecular formula is C17H17N3O3S. The molecule has 0 aliphatic rings. The minimum atomic E-state index is -3.22. The maximum absolute atomic E-state index is 11.6. The van der Waals surface area contributed by atoms with Crippen LogP contribution in [0, 0.1) is 6.92 Å². The molecule has 0 N–H and O–H groups in total. The number of nitrogens with zero attached hydrogens (tertiary/aromatic N) is 3. The Morgan fingerprint density at radius 1 is 1.00 bits per heavy atom. The van der Waals surface area contributed by atoms with E-state index in [-0.39, 0.29) is 4.90 Å². The molecule has 0 aliphatic heterocycles. The normalized spacial score (nSPS) is 11.5. The highest BCUT2D eigenvalue weighted by Gasteiger charge is 2.13. The van der Waals surface area contributed by atoms with Crippen molar-refractivity contribution in [2.75, 3.05) is 13.4 Å². The fourth-order valence-corrected chi connectivity index (χ4v) is 2.99. The lowest BCUT2D eigenvalue weighted by Gasteiger charge is -2.07. The molecule has 0 unspecified atom stereocenters. The summed E-state index contributed by atoms with van der Waals surface area (Å²) < 4.78 is 30.1. The average molecular weight is 343 g/mol. The van der Waals surface area contributed by atoms with Crippen LogP contribution in [0.25, 0.3) is 17.1 Å². The van der Waals surface area contributed by atoms with Crippen LogP contribution in [0.5, 0.6) is 5.75 Å². The molecule has 0 atom stereocenters. The van der Waals surface area contributed by atoms with Gasteiger partial charge in [0.25, 0.3) is 0 Å². The van der Waals surface area contributed by atoms with Gasteiger partial charge in [-0.2, -0.15) is 5.10 Å². The van der Waals surface area contributed by atoms with Crippen molar-refractivity contribution in [2.24, 2.45) is 0 Å². The zero-order chi connectivity index (χ0) is 17.3. The molecule has 7 heteroatoms. The number of hydrogen-bond donors (Lipinski definition) is 0. The van der Waals surface area contributed by atoms with E-state index in [1.54, 1.807) is 36.1 Å². The van der Waals surface area contributed by atoms with E-state index in [9.17, 15) is 8.42 Å². The predicted molar refractivity (Wildman–Crippen MR) is 91.2 cm³/mol. The van der Waals surface area contributed by atoms with E-state index in [4.69, 9.17) is 4.74 Å². The van der Waals surface area contributed by atoms with Crippen LogP contribution >= 0.6 is 0 Å². The highest BCUT2D eigenvalue weighted by molar-refractivity contribution is 7.90. The maximum atomic E-state index is 11.6. The van der Waals surface area contributed by atoms with E-state index in [2.05, 4.69) is 10.1 Å². The second kappa shape index (κ2) is 6.09. The van der Waals surface area contributed by atoms with Gasteiger partial charge in [-0.3, -0.25) is 0 Å². The summed E-state index contributed by atoms with van der Waals surface area (Å²) in [6, 6.07) is 14.1. The standard InChI is InChI=1S/C17H17N3O3S/c1-12-18-17(13-4-10-16(11-5-13)24(3,21)22)20(19-12)14-6-8-15(23-2)9-7-14/h4-11H,1-3H3. The van der Waals surface area contributed by atoms with Gasteiger partial charge in [0.1, 0.15) is 11.6 Å². The zero-order valence-corrected chi connectivity index (χ0v) is 14.4. The molecule has 124 valence electrons. The highest BCUT2D eigenvalue weighted by Crippen LogP contribution is 2.24. The largest absolute Gasteiger partial charge is 0.497 e. The molecule has 3 aromatic rings. The zero-order valence-electron chi connectivity index (χ0n) is 13.6. The van der Waals surface area contributed by atoms with Crippen molar-refractivity contribution in [1.29, 1.82) is 0 Å². The van der Waals surface area contributed by atoms with Crippen LogP contribution in [-0.4, -0.2) is 36.5 Å². The van der Waals surface area contributed by atoms with Gasteiger partial charge >= 0.3 is 0 Å². The highest BCUT2D eigenvalue weighted by atomic mass is 32.2. The maximum Gasteiger partial charge on any atom is 0.175 e. The third-order valence-electron chi connectivity index (χ3n) is 3.57. The summed E-state index contributed by atoms with van der Waals surface area (Å²) in [5, 5.41) is 4.43. The lowest BCUT2D eigenvalue weighted by atomic mass is 10.2. The van der Waals surface area contributed by atoms with Crippen molar-refractivity contribution >= 4 is 9.84 Å². The number of methoxy groups -OCH3 is 1. The van der Waals surface area contributed by atoms with Crippen molar-refractivity contribution in [3.05, 3.63) is 54.4 Å². The fourth-order valence-electron chi connectivity index (χ4n) is 2.36. The molecule has 0 saturated carbocycles. The molecule has 0 radical (unpaired) electrons. The first-order valence-electron chi connectivity index (χ1n) is 7.27. The Morgan fingerprint density at radius 2 is 1.62 bits per heavy atom. The SMILES string of the molecule is COc1ccc(-n2nc(C)nc2-c2ccc(S(C)(=O)=O)cc2)cc1. The Bertz CT molecular complexity index is 959. The van der Waals surface area contributed by atoms with Crippen LogP contribution in [0.4, 0.5) is 0 Å². The van der Waals surface area contributed by atoms with Crippen molar-refractivity contribution < 1.29 is 13.2 Å². The van der Waals surface area contributed by atoms with E-state index in [0.29, 0.717) is 11.6 Å². The molecule has 0 saturated heterocycles. The lowest BCUT2D eigenvalue weighted by Crippen LogP contribution is -2.01. The molecule has 0 spiro atoms. The molecule has 0 aliphatic carbocycles. The molecule has 6 nitrogen and oxygen atoms in total. The van der Waals surface area contributed by atoms with Gasteiger partial charge in [-0.1, -0.05) is 0 Å². The molecule has 0 fully saturated rings. The first-order valence-corrected chi connectivity index (χ1v) is 9.16. The van der Waals surface area contributed by atoms with E-state index >= 15 is 0 Å². The number of hydrogen-bond acceptors (Lipinski definition) is 5. The van der Waals surface area contributed by atoms with Crippen LogP contribution in [-0.2, 0) is 9.84 Å². The monoisotopic (exact) mass is 343 g/mol. The second-order valence-electron chi connectivity index (χ2n) is 5.39. The topological polar surface area (TPSA) is 74.1 Å². The number of aromatic nitrogens is 3. The van der Waals surface area contributed by atoms with Crippen LogP contribution in [0.15, 0.2) is 53.4 Å². The number of sulfone groups is 1. The first kappa shape index (κ1) is 16.2. The van der Waals surface area contributed by atoms with Crippen molar-refractivity contribution in [3.8, 4) is 22.8 Å². The summed E-state index contributed by atoms with van der Waals surface area (Å²) in [5.41, 5.74) is 1.64. The van der Waals surface area contributed by atoms with Gasteiger partial charge in [0, 0.05) is 11.8 Å². The first-order chi connectivity index (χ1) is 11.4. The van der Waals surface area contributed by atoms with Gasteiger partial charge in [0.2, 0.25) is 0 Å². The minimum Gasteiger partial charge on any atom is -0.497 e.